The van der Waals surface area contributed by atoms with Crippen molar-refractivity contribution in [1.29, 1.82) is 0 Å². The van der Waals surface area contributed by atoms with Crippen LogP contribution in [0, 0.1) is 12.7 Å². The Morgan fingerprint density at radius 1 is 1.00 bits per heavy atom. The van der Waals surface area contributed by atoms with Crippen molar-refractivity contribution in [3.05, 3.63) is 95.8 Å². The Morgan fingerprint density at radius 2 is 1.78 bits per heavy atom. The van der Waals surface area contributed by atoms with Crippen LogP contribution >= 0.6 is 0 Å². The number of hydrogen-bond donors (Lipinski definition) is 0. The van der Waals surface area contributed by atoms with E-state index in [0.29, 0.717) is 18.9 Å². The van der Waals surface area contributed by atoms with Crippen molar-refractivity contribution in [2.45, 2.75) is 26.7 Å². The van der Waals surface area contributed by atoms with E-state index in [1.54, 1.807) is 18.3 Å². The molecule has 0 radical (unpaired) electrons. The summed E-state index contributed by atoms with van der Waals surface area (Å²) in [5.74, 6) is 1.32. The van der Waals surface area contributed by atoms with Crippen molar-refractivity contribution in [3.63, 3.8) is 0 Å². The monoisotopic (exact) mass is 483 g/mol. The molecule has 0 unspecified atom stereocenters. The summed E-state index contributed by atoms with van der Waals surface area (Å²) >= 11 is 0. The lowest BCUT2D eigenvalue weighted by Crippen LogP contribution is -2.49. The Morgan fingerprint density at radius 3 is 2.44 bits per heavy atom. The molecular weight excluding hydrogens is 453 g/mol. The summed E-state index contributed by atoms with van der Waals surface area (Å²) in [5, 5.41) is 0. The molecule has 1 aliphatic heterocycles. The maximum Gasteiger partial charge on any atom is 0.230 e. The number of imidazole rings is 1. The van der Waals surface area contributed by atoms with Gasteiger partial charge in [-0.25, -0.2) is 14.4 Å². The van der Waals surface area contributed by atoms with Crippen molar-refractivity contribution in [2.75, 3.05) is 31.1 Å². The highest BCUT2D eigenvalue weighted by Crippen LogP contribution is 2.25. The van der Waals surface area contributed by atoms with E-state index in [1.807, 2.05) is 33.9 Å². The molecule has 0 atom stereocenters. The Kier molecular flexibility index (Phi) is 6.80. The van der Waals surface area contributed by atoms with E-state index >= 15 is 0 Å². The van der Waals surface area contributed by atoms with Crippen LogP contribution in [0.4, 0.5) is 10.2 Å². The molecule has 7 heteroatoms. The second-order valence-corrected chi connectivity index (χ2v) is 9.12. The second-order valence-electron chi connectivity index (χ2n) is 9.12. The third-order valence-corrected chi connectivity index (χ3v) is 6.82. The van der Waals surface area contributed by atoms with E-state index < -0.39 is 0 Å². The van der Waals surface area contributed by atoms with E-state index in [4.69, 9.17) is 4.98 Å². The fourth-order valence-electron chi connectivity index (χ4n) is 4.73. The molecule has 0 spiro atoms. The average Bonchev–Trinajstić information content (AvgIpc) is 3.33. The normalized spacial score (nSPS) is 13.8. The standard InChI is InChI=1S/C29H30FN5O/c1-3-22-7-8-23(18-21(22)2)26-20-35(25-11-9-24(30)10-12-25)28(32-26)19-29(36)34-16-14-33(15-17-34)27-6-4-5-13-31-27/h4-13,18,20H,3,14-17,19H2,1-2H3. The summed E-state index contributed by atoms with van der Waals surface area (Å²) in [6.07, 6.45) is 4.88. The SMILES string of the molecule is CCc1ccc(-c2cn(-c3ccc(F)cc3)c(CC(=O)N3CCN(c4ccccn4)CC3)n2)cc1C. The molecule has 1 aliphatic rings. The minimum atomic E-state index is -0.298. The fourth-order valence-corrected chi connectivity index (χ4v) is 4.73. The first-order valence-corrected chi connectivity index (χ1v) is 12.4. The van der Waals surface area contributed by atoms with Crippen molar-refractivity contribution in [2.24, 2.45) is 0 Å². The van der Waals surface area contributed by atoms with Crippen LogP contribution in [0.3, 0.4) is 0 Å². The van der Waals surface area contributed by atoms with E-state index in [1.165, 1.54) is 23.3 Å². The maximum absolute atomic E-state index is 13.6. The number of carbonyl (C=O) groups excluding carboxylic acids is 1. The number of anilines is 1. The number of aryl methyl sites for hydroxylation is 2. The molecule has 0 saturated carbocycles. The van der Waals surface area contributed by atoms with Crippen LogP contribution in [0.2, 0.25) is 0 Å². The lowest BCUT2D eigenvalue weighted by atomic mass is 10.0. The minimum Gasteiger partial charge on any atom is -0.353 e. The molecule has 5 rings (SSSR count). The van der Waals surface area contributed by atoms with Crippen LogP contribution in [0.5, 0.6) is 0 Å². The number of aromatic nitrogens is 3. The van der Waals surface area contributed by atoms with E-state index in [0.717, 1.165) is 42.3 Å². The van der Waals surface area contributed by atoms with Gasteiger partial charge < -0.3 is 14.4 Å². The average molecular weight is 484 g/mol. The fraction of sp³-hybridized carbons (Fsp3) is 0.276. The molecule has 2 aromatic carbocycles. The van der Waals surface area contributed by atoms with E-state index in [2.05, 4.69) is 41.9 Å². The number of hydrogen-bond acceptors (Lipinski definition) is 4. The summed E-state index contributed by atoms with van der Waals surface area (Å²) in [6.45, 7) is 7.00. The Bertz CT molecular complexity index is 1340. The van der Waals surface area contributed by atoms with Crippen molar-refractivity contribution < 1.29 is 9.18 Å². The molecule has 36 heavy (non-hydrogen) atoms. The summed E-state index contributed by atoms with van der Waals surface area (Å²) in [4.78, 5) is 26.7. The van der Waals surface area contributed by atoms with Crippen LogP contribution in [0.1, 0.15) is 23.9 Å². The molecule has 0 aliphatic carbocycles. The van der Waals surface area contributed by atoms with Crippen molar-refractivity contribution >= 4 is 11.7 Å². The zero-order chi connectivity index (χ0) is 25.1. The molecule has 6 nitrogen and oxygen atoms in total. The Labute approximate surface area is 211 Å². The highest BCUT2D eigenvalue weighted by molar-refractivity contribution is 5.79. The van der Waals surface area contributed by atoms with Crippen LogP contribution < -0.4 is 4.90 Å². The number of pyridine rings is 1. The van der Waals surface area contributed by atoms with Gasteiger partial charge in [0.05, 0.1) is 12.1 Å². The first-order chi connectivity index (χ1) is 17.5. The summed E-state index contributed by atoms with van der Waals surface area (Å²) < 4.78 is 15.5. The molecule has 1 saturated heterocycles. The molecule has 1 amide bonds. The van der Waals surface area contributed by atoms with Crippen LogP contribution in [-0.4, -0.2) is 51.5 Å². The van der Waals surface area contributed by atoms with Crippen LogP contribution in [0.25, 0.3) is 16.9 Å². The van der Waals surface area contributed by atoms with Gasteiger partial charge in [-0.1, -0.05) is 25.1 Å². The van der Waals surface area contributed by atoms with Gasteiger partial charge in [0.1, 0.15) is 17.5 Å². The van der Waals surface area contributed by atoms with Crippen LogP contribution in [-0.2, 0) is 17.6 Å². The van der Waals surface area contributed by atoms with Gasteiger partial charge in [-0.05, 0) is 66.9 Å². The molecule has 184 valence electrons. The number of benzene rings is 2. The Balaban J connectivity index is 1.38. The molecule has 4 aromatic rings. The number of nitrogens with zero attached hydrogens (tertiary/aromatic N) is 5. The zero-order valence-electron chi connectivity index (χ0n) is 20.7. The first-order valence-electron chi connectivity index (χ1n) is 12.4. The highest BCUT2D eigenvalue weighted by atomic mass is 19.1. The molecule has 1 fully saturated rings. The highest BCUT2D eigenvalue weighted by Gasteiger charge is 2.24. The lowest BCUT2D eigenvalue weighted by molar-refractivity contribution is -0.130. The van der Waals surface area contributed by atoms with Gasteiger partial charge in [0, 0.05) is 49.8 Å². The number of amides is 1. The van der Waals surface area contributed by atoms with Gasteiger partial charge in [-0.3, -0.25) is 4.79 Å². The minimum absolute atomic E-state index is 0.0358. The largest absolute Gasteiger partial charge is 0.353 e. The summed E-state index contributed by atoms with van der Waals surface area (Å²) in [6, 6.07) is 18.5. The van der Waals surface area contributed by atoms with Crippen molar-refractivity contribution in [1.82, 2.24) is 19.4 Å². The second kappa shape index (κ2) is 10.3. The van der Waals surface area contributed by atoms with Gasteiger partial charge in [0.25, 0.3) is 0 Å². The van der Waals surface area contributed by atoms with E-state index in [-0.39, 0.29) is 18.1 Å². The molecule has 2 aromatic heterocycles. The number of rotatable bonds is 6. The number of halogens is 1. The van der Waals surface area contributed by atoms with Gasteiger partial charge in [-0.15, -0.1) is 0 Å². The first kappa shape index (κ1) is 23.7. The predicted octanol–water partition coefficient (Wildman–Crippen LogP) is 4.84. The number of carbonyl (C=O) groups is 1. The lowest BCUT2D eigenvalue weighted by Gasteiger charge is -2.35. The summed E-state index contributed by atoms with van der Waals surface area (Å²) in [7, 11) is 0. The topological polar surface area (TPSA) is 54.3 Å². The number of piperazine rings is 1. The summed E-state index contributed by atoms with van der Waals surface area (Å²) in [5.41, 5.74) is 5.10. The molecular formula is C29H30FN5O. The predicted molar refractivity (Wildman–Crippen MR) is 140 cm³/mol. The van der Waals surface area contributed by atoms with Gasteiger partial charge >= 0.3 is 0 Å². The third kappa shape index (κ3) is 5.00. The molecule has 0 N–H and O–H groups in total. The maximum atomic E-state index is 13.6. The molecule has 0 bridgehead atoms. The van der Waals surface area contributed by atoms with Crippen LogP contribution in [0.15, 0.2) is 73.1 Å². The van der Waals surface area contributed by atoms with E-state index in [9.17, 15) is 9.18 Å². The smallest absolute Gasteiger partial charge is 0.230 e. The molecule has 3 heterocycles. The van der Waals surface area contributed by atoms with Crippen molar-refractivity contribution in [3.8, 4) is 16.9 Å². The van der Waals surface area contributed by atoms with Gasteiger partial charge in [0.2, 0.25) is 5.91 Å². The van der Waals surface area contributed by atoms with Gasteiger partial charge in [-0.2, -0.15) is 0 Å². The Hall–Kier alpha value is -4.00. The third-order valence-electron chi connectivity index (χ3n) is 6.82. The zero-order valence-corrected chi connectivity index (χ0v) is 20.7. The quantitative estimate of drug-likeness (QED) is 0.394. The van der Waals surface area contributed by atoms with Gasteiger partial charge in [0.15, 0.2) is 0 Å².